The number of hydrogen-bond acceptors (Lipinski definition) is 4. The van der Waals surface area contributed by atoms with Crippen molar-refractivity contribution in [3.05, 3.63) is 52.8 Å². The smallest absolute Gasteiger partial charge is 0.121 e. The van der Waals surface area contributed by atoms with Crippen molar-refractivity contribution in [2.45, 2.75) is 52.4 Å². The molecule has 5 nitrogen and oxygen atoms in total. The highest BCUT2D eigenvalue weighted by molar-refractivity contribution is 5.23. The second-order valence-electron chi connectivity index (χ2n) is 7.46. The average Bonchev–Trinajstić information content (AvgIpc) is 2.89. The van der Waals surface area contributed by atoms with E-state index >= 15 is 0 Å². The molecule has 2 N–H and O–H groups in total. The quantitative estimate of drug-likeness (QED) is 0.846. The summed E-state index contributed by atoms with van der Waals surface area (Å²) >= 11 is 0. The van der Waals surface area contributed by atoms with Crippen LogP contribution in [0.15, 0.2) is 30.3 Å². The van der Waals surface area contributed by atoms with Crippen LogP contribution in [0, 0.1) is 5.92 Å². The molecule has 0 radical (unpaired) electrons. The maximum Gasteiger partial charge on any atom is 0.121 e. The number of nitrogens with zero attached hydrogens (tertiary/aromatic N) is 3. The van der Waals surface area contributed by atoms with E-state index in [1.54, 1.807) is 0 Å². The van der Waals surface area contributed by atoms with Crippen molar-refractivity contribution in [3.63, 3.8) is 0 Å². The number of aliphatic hydroxyl groups excluding tert-OH is 2. The lowest BCUT2D eigenvalue weighted by Crippen LogP contribution is -2.22. The summed E-state index contributed by atoms with van der Waals surface area (Å²) in [7, 11) is 0. The Morgan fingerprint density at radius 2 is 1.84 bits per heavy atom. The largest absolute Gasteiger partial charge is 0.393 e. The third kappa shape index (κ3) is 4.69. The predicted molar refractivity (Wildman–Crippen MR) is 98.0 cm³/mol. The Labute approximate surface area is 149 Å². The van der Waals surface area contributed by atoms with E-state index < -0.39 is 6.10 Å². The Morgan fingerprint density at radius 3 is 2.52 bits per heavy atom. The number of hydrogen-bond donors (Lipinski definition) is 2. The molecule has 136 valence electrons. The first-order valence-corrected chi connectivity index (χ1v) is 9.21. The Morgan fingerprint density at radius 1 is 1.12 bits per heavy atom. The molecule has 1 aliphatic heterocycles. The van der Waals surface area contributed by atoms with Gasteiger partial charge < -0.3 is 10.2 Å². The molecule has 0 aliphatic carbocycles. The summed E-state index contributed by atoms with van der Waals surface area (Å²) in [5, 5.41) is 23.4. The molecule has 25 heavy (non-hydrogen) atoms. The van der Waals surface area contributed by atoms with Gasteiger partial charge in [0.1, 0.15) is 6.10 Å². The Hall–Kier alpha value is -1.69. The molecule has 1 aromatic heterocycles. The van der Waals surface area contributed by atoms with Gasteiger partial charge in [0.15, 0.2) is 0 Å². The van der Waals surface area contributed by atoms with Gasteiger partial charge in [-0.05, 0) is 36.0 Å². The summed E-state index contributed by atoms with van der Waals surface area (Å²) in [5.74, 6) is 0.681. The number of aliphatic hydroxyl groups is 2. The van der Waals surface area contributed by atoms with Crippen LogP contribution >= 0.6 is 0 Å². The lowest BCUT2D eigenvalue weighted by atomic mass is 10.0. The van der Waals surface area contributed by atoms with E-state index in [1.165, 1.54) is 11.1 Å². The maximum atomic E-state index is 9.80. The number of aryl methyl sites for hydroxylation is 1. The summed E-state index contributed by atoms with van der Waals surface area (Å²) < 4.78 is 1.97. The van der Waals surface area contributed by atoms with Gasteiger partial charge in [-0.15, -0.1) is 0 Å². The van der Waals surface area contributed by atoms with E-state index in [0.717, 1.165) is 44.7 Å². The highest BCUT2D eigenvalue weighted by Crippen LogP contribution is 2.20. The zero-order valence-electron chi connectivity index (χ0n) is 15.2. The minimum absolute atomic E-state index is 0.289. The van der Waals surface area contributed by atoms with Gasteiger partial charge in [0.2, 0.25) is 0 Å². The maximum absolute atomic E-state index is 9.80. The Bertz CT molecular complexity index is 679. The fourth-order valence-electron chi connectivity index (χ4n) is 3.45. The standard InChI is InChI=1S/C20H29N3O2/c1-15(2)10-16-4-6-17(7-5-16)12-22-8-3-9-23-18(13-22)11-19(21-23)20(25)14-24/h4-7,11,15,20,24-25H,3,8-10,12-14H2,1-2H3/t20-/m0/s1. The summed E-state index contributed by atoms with van der Waals surface area (Å²) in [6.45, 7) is 7.84. The Kier molecular flexibility index (Phi) is 5.89. The first-order chi connectivity index (χ1) is 12.0. The van der Waals surface area contributed by atoms with Crippen LogP contribution in [0.5, 0.6) is 0 Å². The van der Waals surface area contributed by atoms with Crippen LogP contribution in [0.2, 0.25) is 0 Å². The van der Waals surface area contributed by atoms with Crippen molar-refractivity contribution in [3.8, 4) is 0 Å². The predicted octanol–water partition coefficient (Wildman–Crippen LogP) is 2.51. The van der Waals surface area contributed by atoms with Crippen LogP contribution in [0.25, 0.3) is 0 Å². The zero-order valence-corrected chi connectivity index (χ0v) is 15.2. The number of aromatic nitrogens is 2. The molecule has 0 fully saturated rings. The first-order valence-electron chi connectivity index (χ1n) is 9.21. The van der Waals surface area contributed by atoms with Crippen LogP contribution in [-0.2, 0) is 26.1 Å². The van der Waals surface area contributed by atoms with E-state index in [1.807, 2.05) is 10.7 Å². The molecule has 3 rings (SSSR count). The molecule has 0 amide bonds. The van der Waals surface area contributed by atoms with Gasteiger partial charge >= 0.3 is 0 Å². The summed E-state index contributed by atoms with van der Waals surface area (Å²) in [4.78, 5) is 2.42. The van der Waals surface area contributed by atoms with Gasteiger partial charge in [0.05, 0.1) is 18.0 Å². The third-order valence-electron chi connectivity index (χ3n) is 4.70. The van der Waals surface area contributed by atoms with E-state index in [2.05, 4.69) is 48.1 Å². The summed E-state index contributed by atoms with van der Waals surface area (Å²) in [5.41, 5.74) is 4.40. The van der Waals surface area contributed by atoms with Crippen LogP contribution in [-0.4, -0.2) is 38.0 Å². The summed E-state index contributed by atoms with van der Waals surface area (Å²) in [6.07, 6.45) is 1.27. The first kappa shape index (κ1) is 18.1. The van der Waals surface area contributed by atoms with Crippen LogP contribution in [0.1, 0.15) is 48.9 Å². The number of benzene rings is 1. The molecule has 1 aromatic carbocycles. The third-order valence-corrected chi connectivity index (χ3v) is 4.70. The number of rotatable bonds is 6. The molecule has 0 spiro atoms. The van der Waals surface area contributed by atoms with Crippen molar-refractivity contribution in [1.29, 1.82) is 0 Å². The monoisotopic (exact) mass is 343 g/mol. The highest BCUT2D eigenvalue weighted by Gasteiger charge is 2.19. The van der Waals surface area contributed by atoms with Crippen molar-refractivity contribution in [2.24, 2.45) is 5.92 Å². The minimum Gasteiger partial charge on any atom is -0.393 e. The van der Waals surface area contributed by atoms with Gasteiger partial charge in [-0.1, -0.05) is 38.1 Å². The molecule has 0 saturated carbocycles. The highest BCUT2D eigenvalue weighted by atomic mass is 16.3. The van der Waals surface area contributed by atoms with Crippen LogP contribution in [0.4, 0.5) is 0 Å². The van der Waals surface area contributed by atoms with Gasteiger partial charge in [-0.2, -0.15) is 5.10 Å². The van der Waals surface area contributed by atoms with Crippen LogP contribution < -0.4 is 0 Å². The van der Waals surface area contributed by atoms with Gasteiger partial charge in [0.25, 0.3) is 0 Å². The van der Waals surface area contributed by atoms with E-state index in [-0.39, 0.29) is 6.61 Å². The summed E-state index contributed by atoms with van der Waals surface area (Å²) in [6, 6.07) is 10.9. The lowest BCUT2D eigenvalue weighted by molar-refractivity contribution is 0.0916. The van der Waals surface area contributed by atoms with Gasteiger partial charge in [-0.25, -0.2) is 0 Å². The minimum atomic E-state index is -0.888. The molecule has 1 aliphatic rings. The second-order valence-corrected chi connectivity index (χ2v) is 7.46. The molecule has 1 atom stereocenters. The van der Waals surface area contributed by atoms with E-state index in [4.69, 9.17) is 5.11 Å². The normalized spacial score (nSPS) is 16.7. The van der Waals surface area contributed by atoms with Crippen molar-refractivity contribution < 1.29 is 10.2 Å². The van der Waals surface area contributed by atoms with Crippen LogP contribution in [0.3, 0.4) is 0 Å². The fourth-order valence-corrected chi connectivity index (χ4v) is 3.45. The number of fused-ring (bicyclic) bond motifs is 1. The molecule has 0 unspecified atom stereocenters. The Balaban J connectivity index is 1.66. The molecule has 0 bridgehead atoms. The molecular formula is C20H29N3O2. The fraction of sp³-hybridized carbons (Fsp3) is 0.550. The van der Waals surface area contributed by atoms with Gasteiger partial charge in [-0.3, -0.25) is 9.58 Å². The molecule has 2 heterocycles. The van der Waals surface area contributed by atoms with Crippen molar-refractivity contribution in [2.75, 3.05) is 13.2 Å². The topological polar surface area (TPSA) is 61.5 Å². The van der Waals surface area contributed by atoms with Crippen molar-refractivity contribution in [1.82, 2.24) is 14.7 Å². The second kappa shape index (κ2) is 8.13. The van der Waals surface area contributed by atoms with Crippen molar-refractivity contribution >= 4 is 0 Å². The molecule has 2 aromatic rings. The molecule has 0 saturated heterocycles. The van der Waals surface area contributed by atoms with E-state index in [0.29, 0.717) is 11.6 Å². The zero-order chi connectivity index (χ0) is 17.8. The molecular weight excluding hydrogens is 314 g/mol. The SMILES string of the molecule is CC(C)Cc1ccc(CN2CCCn3nc([C@@H](O)CO)cc3C2)cc1. The lowest BCUT2D eigenvalue weighted by Gasteiger charge is -2.19. The van der Waals surface area contributed by atoms with Gasteiger partial charge in [0, 0.05) is 26.2 Å². The molecule has 5 heteroatoms. The average molecular weight is 343 g/mol. The van der Waals surface area contributed by atoms with E-state index in [9.17, 15) is 5.11 Å².